The van der Waals surface area contributed by atoms with E-state index in [9.17, 15) is 75.7 Å². The molecule has 14 N–H and O–H groups in total. The smallest absolute Gasteiger partial charge is 0.364 e. The van der Waals surface area contributed by atoms with Gasteiger partial charge < -0.3 is 100 Å². The lowest BCUT2D eigenvalue weighted by molar-refractivity contribution is -0.386. The van der Waals surface area contributed by atoms with Crippen LogP contribution in [-0.4, -0.2) is 215 Å². The topological polar surface area (TPSA) is 373 Å². The van der Waals surface area contributed by atoms with E-state index in [4.69, 9.17) is 28.4 Å². The first-order valence-corrected chi connectivity index (χ1v) is 28.9. The minimum atomic E-state index is -3.08. The molecule has 23 nitrogen and oxygen atoms in total. The second-order valence-corrected chi connectivity index (χ2v) is 21.2. The number of ether oxygens (including phenoxy) is 6. The molecule has 3 saturated heterocycles. The number of carbonyl (C=O) groups is 3. The summed E-state index contributed by atoms with van der Waals surface area (Å²) in [6.45, 7) is 2.00. The highest BCUT2D eigenvalue weighted by atomic mass is 16.8. The maximum Gasteiger partial charge on any atom is 0.364 e. The Labute approximate surface area is 466 Å². The highest BCUT2D eigenvalue weighted by Crippen LogP contribution is 2.38. The van der Waals surface area contributed by atoms with E-state index in [-0.39, 0.29) is 12.3 Å². The van der Waals surface area contributed by atoms with Crippen molar-refractivity contribution >= 4 is 17.8 Å². The number of rotatable bonds is 40. The highest BCUT2D eigenvalue weighted by Gasteiger charge is 2.60. The number of carboxylic acids is 1. The van der Waals surface area contributed by atoms with Crippen LogP contribution in [0.1, 0.15) is 162 Å². The number of unbranched alkanes of at least 4 members (excludes halogenated alkanes) is 17. The Bertz CT molecular complexity index is 1780. The molecule has 23 heteroatoms. The first kappa shape index (κ1) is 70.2. The second kappa shape index (κ2) is 38.7. The number of carboxylic acid groups (broad SMARTS) is 1. The number of nitrogens with one attached hydrogen (secondary N) is 2. The summed E-state index contributed by atoms with van der Waals surface area (Å²) in [4.78, 5) is 38.3. The van der Waals surface area contributed by atoms with Gasteiger partial charge in [-0.05, 0) is 44.9 Å². The molecule has 0 aromatic carbocycles. The van der Waals surface area contributed by atoms with Crippen LogP contribution in [0.15, 0.2) is 36.5 Å². The largest absolute Gasteiger partial charge is 0.477 e. The first-order valence-electron chi connectivity index (χ1n) is 28.9. The number of aliphatic carboxylic acids is 1. The Morgan fingerprint density at radius 1 is 0.671 bits per heavy atom. The van der Waals surface area contributed by atoms with Crippen LogP contribution in [0.25, 0.3) is 0 Å². The van der Waals surface area contributed by atoms with E-state index in [1.165, 1.54) is 44.9 Å². The fraction of sp³-hybridized carbons (Fsp3) is 0.839. The van der Waals surface area contributed by atoms with Crippen molar-refractivity contribution in [2.45, 2.75) is 272 Å². The summed E-state index contributed by atoms with van der Waals surface area (Å²) in [5, 5.41) is 135. The highest BCUT2D eigenvalue weighted by molar-refractivity contribution is 5.77. The lowest BCUT2D eigenvalue weighted by Crippen LogP contribution is -2.70. The molecule has 2 amide bonds. The van der Waals surface area contributed by atoms with Crippen LogP contribution >= 0.6 is 0 Å². The molecule has 0 aromatic heterocycles. The van der Waals surface area contributed by atoms with Crippen LogP contribution in [-0.2, 0) is 42.8 Å². The van der Waals surface area contributed by atoms with E-state index in [2.05, 4.69) is 48.8 Å². The molecule has 0 bridgehead atoms. The summed E-state index contributed by atoms with van der Waals surface area (Å²) < 4.78 is 34.6. The number of carbonyl (C=O) groups excluding carboxylic acids is 2. The van der Waals surface area contributed by atoms with Gasteiger partial charge in [0.2, 0.25) is 11.8 Å². The molecule has 0 aliphatic carbocycles. The summed E-state index contributed by atoms with van der Waals surface area (Å²) in [6, 6.07) is -2.62. The molecule has 3 aliphatic heterocycles. The minimum Gasteiger partial charge on any atom is -0.477 e. The quantitative estimate of drug-likeness (QED) is 0.0235. The third-order valence-corrected chi connectivity index (χ3v) is 14.6. The number of aliphatic hydroxyl groups is 11. The molecule has 3 rings (SSSR count). The van der Waals surface area contributed by atoms with Crippen molar-refractivity contribution in [1.29, 1.82) is 0 Å². The van der Waals surface area contributed by atoms with Gasteiger partial charge in [-0.3, -0.25) is 9.59 Å². The van der Waals surface area contributed by atoms with Crippen LogP contribution < -0.4 is 10.6 Å². The average Bonchev–Trinajstić information content (AvgIpc) is 3.50. The van der Waals surface area contributed by atoms with E-state index >= 15 is 0 Å². The monoisotopic (exact) mass is 1130 g/mol. The SMILES string of the molecule is CCCCC/C=C\C=C/CCCCCCCCC(=O)NC(COC1OC(CO)C(OC2OC(CO)C(O)C(OC3(C(=O)O)CC(O)C(NC(C)=O)C(C(O)C(O)CO)O3)C2O)C(O)C1O)C(O)/C=C/CCCCCCCCCC. The fourth-order valence-electron chi connectivity index (χ4n) is 9.87. The molecule has 0 radical (unpaired) electrons. The Morgan fingerprint density at radius 2 is 1.22 bits per heavy atom. The molecular weight excluding hydrogens is 1040 g/mol. The third-order valence-electron chi connectivity index (χ3n) is 14.6. The van der Waals surface area contributed by atoms with Gasteiger partial charge in [-0.15, -0.1) is 0 Å². The van der Waals surface area contributed by atoms with E-state index < -0.39 is 155 Å². The van der Waals surface area contributed by atoms with Crippen molar-refractivity contribution in [2.24, 2.45) is 0 Å². The van der Waals surface area contributed by atoms with Gasteiger partial charge in [0.1, 0.15) is 67.1 Å². The molecule has 0 aromatic rings. The summed E-state index contributed by atoms with van der Waals surface area (Å²) in [5.74, 6) is -6.17. The fourth-order valence-corrected chi connectivity index (χ4v) is 9.87. The van der Waals surface area contributed by atoms with Gasteiger partial charge in [0, 0.05) is 19.8 Å². The van der Waals surface area contributed by atoms with Gasteiger partial charge in [0.05, 0.1) is 50.7 Å². The maximum atomic E-state index is 13.3. The van der Waals surface area contributed by atoms with Gasteiger partial charge in [-0.1, -0.05) is 134 Å². The van der Waals surface area contributed by atoms with E-state index in [0.29, 0.717) is 12.8 Å². The number of hydrogen-bond donors (Lipinski definition) is 14. The van der Waals surface area contributed by atoms with Crippen LogP contribution in [0.5, 0.6) is 0 Å². The van der Waals surface area contributed by atoms with Gasteiger partial charge in [-0.25, -0.2) is 4.79 Å². The zero-order chi connectivity index (χ0) is 58.3. The minimum absolute atomic E-state index is 0.185. The number of amides is 2. The summed E-state index contributed by atoms with van der Waals surface area (Å²) in [7, 11) is 0. The molecule has 3 aliphatic rings. The zero-order valence-corrected chi connectivity index (χ0v) is 46.7. The molecular formula is C56H98N2O21. The Balaban J connectivity index is 1.69. The molecule has 18 unspecified atom stereocenters. The molecule has 458 valence electrons. The van der Waals surface area contributed by atoms with Gasteiger partial charge in [0.25, 0.3) is 5.79 Å². The second-order valence-electron chi connectivity index (χ2n) is 21.2. The predicted octanol–water partition coefficient (Wildman–Crippen LogP) is 1.55. The van der Waals surface area contributed by atoms with Crippen LogP contribution in [0.4, 0.5) is 0 Å². The van der Waals surface area contributed by atoms with E-state index in [1.807, 2.05) is 6.08 Å². The van der Waals surface area contributed by atoms with Crippen molar-refractivity contribution in [3.05, 3.63) is 36.5 Å². The van der Waals surface area contributed by atoms with Crippen LogP contribution in [0.2, 0.25) is 0 Å². The Hall–Kier alpha value is -3.05. The van der Waals surface area contributed by atoms with Crippen molar-refractivity contribution < 1.29 is 104 Å². The lowest BCUT2D eigenvalue weighted by Gasteiger charge is -2.50. The normalized spacial score (nSPS) is 31.1. The maximum absolute atomic E-state index is 13.3. The van der Waals surface area contributed by atoms with Gasteiger partial charge in [0.15, 0.2) is 12.6 Å². The summed E-state index contributed by atoms with van der Waals surface area (Å²) >= 11 is 0. The molecule has 0 spiro atoms. The van der Waals surface area contributed by atoms with Crippen LogP contribution in [0.3, 0.4) is 0 Å². The average molecular weight is 1140 g/mol. The number of allylic oxidation sites excluding steroid dienone is 5. The lowest BCUT2D eigenvalue weighted by atomic mass is 9.88. The van der Waals surface area contributed by atoms with E-state index in [1.54, 1.807) is 6.08 Å². The van der Waals surface area contributed by atoms with Crippen molar-refractivity contribution in [3.63, 3.8) is 0 Å². The van der Waals surface area contributed by atoms with E-state index in [0.717, 1.165) is 77.6 Å². The van der Waals surface area contributed by atoms with Crippen molar-refractivity contribution in [3.8, 4) is 0 Å². The molecule has 3 fully saturated rings. The summed E-state index contributed by atoms with van der Waals surface area (Å²) in [6.07, 6.45) is 3.78. The van der Waals surface area contributed by atoms with Crippen molar-refractivity contribution in [1.82, 2.24) is 10.6 Å². The molecule has 0 saturated carbocycles. The standard InChI is InChI=1S/C56H98N2O21/c1-4-6-8-10-12-14-16-17-18-19-20-22-24-26-28-30-43(66)58-37(38(63)29-27-25-23-21-15-13-11-9-7-5-2)35-74-53-48(70)47(69)50(42(34-61)76-53)77-54-49(71)52(46(68)41(33-60)75-54)79-56(55(72)73)31-39(64)44(57-36(3)62)51(78-56)45(67)40(65)32-59/h12,14,16-17,27,29,37-42,44-54,59-61,63-65,67-71H,4-11,13,15,18-26,28,30-35H2,1-3H3,(H,57,62)(H,58,66)(H,72,73)/b14-12-,17-16-,29-27+. The zero-order valence-electron chi connectivity index (χ0n) is 46.7. The van der Waals surface area contributed by atoms with Crippen LogP contribution in [0, 0.1) is 0 Å². The Morgan fingerprint density at radius 3 is 1.78 bits per heavy atom. The number of hydrogen-bond acceptors (Lipinski definition) is 20. The predicted molar refractivity (Wildman–Crippen MR) is 287 cm³/mol. The van der Waals surface area contributed by atoms with Gasteiger partial charge >= 0.3 is 5.97 Å². The third kappa shape index (κ3) is 23.6. The number of aliphatic hydroxyl groups excluding tert-OH is 11. The molecule has 3 heterocycles. The summed E-state index contributed by atoms with van der Waals surface area (Å²) in [5.41, 5.74) is 0. The molecule has 18 atom stereocenters. The first-order chi connectivity index (χ1) is 37.9. The molecule has 79 heavy (non-hydrogen) atoms. The van der Waals surface area contributed by atoms with Crippen molar-refractivity contribution in [2.75, 3.05) is 26.4 Å². The van der Waals surface area contributed by atoms with Gasteiger partial charge in [-0.2, -0.15) is 0 Å². The Kier molecular flexibility index (Phi) is 34.4.